The number of carbonyl (C=O) groups is 1. The Labute approximate surface area is 132 Å². The first-order valence-electron chi connectivity index (χ1n) is 8.94. The molecule has 0 radical (unpaired) electrons. The van der Waals surface area contributed by atoms with Gasteiger partial charge in [-0.05, 0) is 68.1 Å². The Kier molecular flexibility index (Phi) is 3.15. The minimum absolute atomic E-state index is 0.124. The van der Waals surface area contributed by atoms with Crippen molar-refractivity contribution in [3.8, 4) is 0 Å². The molecule has 0 aromatic heterocycles. The van der Waals surface area contributed by atoms with E-state index in [0.29, 0.717) is 18.3 Å². The third-order valence-electron chi connectivity index (χ3n) is 7.79. The molecule has 0 unspecified atom stereocenters. The lowest BCUT2D eigenvalue weighted by atomic mass is 9.47. The van der Waals surface area contributed by atoms with Crippen molar-refractivity contribution in [2.45, 2.75) is 71.1 Å². The van der Waals surface area contributed by atoms with Crippen LogP contribution in [0.1, 0.15) is 58.8 Å². The Hall–Kier alpha value is -0.700. The molecule has 4 aliphatic rings. The Morgan fingerprint density at radius 1 is 1.14 bits per heavy atom. The van der Waals surface area contributed by atoms with Gasteiger partial charge in [0, 0.05) is 5.41 Å². The van der Waals surface area contributed by atoms with Crippen LogP contribution >= 0.6 is 0 Å². The van der Waals surface area contributed by atoms with Gasteiger partial charge in [-0.2, -0.15) is 0 Å². The largest absolute Gasteiger partial charge is 0.389 e. The highest BCUT2D eigenvalue weighted by molar-refractivity contribution is 5.91. The first-order valence-corrected chi connectivity index (χ1v) is 8.94. The molecule has 0 amide bonds. The van der Waals surface area contributed by atoms with Gasteiger partial charge in [0.25, 0.3) is 0 Å². The van der Waals surface area contributed by atoms with Crippen LogP contribution in [-0.4, -0.2) is 23.2 Å². The Balaban J connectivity index is 1.69. The lowest BCUT2D eigenvalue weighted by molar-refractivity contribution is -0.135. The van der Waals surface area contributed by atoms with Crippen molar-refractivity contribution in [2.24, 2.45) is 28.6 Å². The van der Waals surface area contributed by atoms with Crippen LogP contribution in [0.4, 0.5) is 4.39 Å². The van der Waals surface area contributed by atoms with Crippen LogP contribution in [0.5, 0.6) is 0 Å². The van der Waals surface area contributed by atoms with Crippen molar-refractivity contribution in [3.05, 3.63) is 11.6 Å². The lowest BCUT2D eigenvalue weighted by Gasteiger charge is -2.57. The summed E-state index contributed by atoms with van der Waals surface area (Å²) >= 11 is 0. The van der Waals surface area contributed by atoms with Gasteiger partial charge in [-0.3, -0.25) is 4.79 Å². The molecule has 4 rings (SSSR count). The van der Waals surface area contributed by atoms with Gasteiger partial charge >= 0.3 is 0 Å². The third-order valence-corrected chi connectivity index (χ3v) is 7.79. The number of alkyl halides is 1. The normalized spacial score (nSPS) is 54.3. The highest BCUT2D eigenvalue weighted by Crippen LogP contribution is 2.64. The summed E-state index contributed by atoms with van der Waals surface area (Å²) < 4.78 is 14.1. The summed E-state index contributed by atoms with van der Waals surface area (Å²) in [6, 6.07) is 0. The lowest BCUT2D eigenvalue weighted by Crippen LogP contribution is -2.50. The number of aliphatic hydroxyl groups excluding tert-OH is 1. The third kappa shape index (κ3) is 1.78. The zero-order valence-corrected chi connectivity index (χ0v) is 13.6. The molecule has 3 heteroatoms. The number of carbonyl (C=O) groups excluding carboxylic acids is 1. The highest BCUT2D eigenvalue weighted by atomic mass is 19.1. The molecule has 0 spiro atoms. The van der Waals surface area contributed by atoms with E-state index >= 15 is 0 Å². The van der Waals surface area contributed by atoms with Gasteiger partial charge in [-0.15, -0.1) is 0 Å². The average molecular weight is 306 g/mol. The van der Waals surface area contributed by atoms with E-state index in [1.165, 1.54) is 5.57 Å². The minimum atomic E-state index is -1.23. The van der Waals surface area contributed by atoms with Crippen LogP contribution in [0, 0.1) is 28.6 Å². The Morgan fingerprint density at radius 3 is 2.64 bits per heavy atom. The molecule has 7 atom stereocenters. The summed E-state index contributed by atoms with van der Waals surface area (Å²) in [5, 5.41) is 9.95. The van der Waals surface area contributed by atoms with Crippen LogP contribution < -0.4 is 0 Å². The smallest absolute Gasteiger partial charge is 0.173 e. The quantitative estimate of drug-likeness (QED) is 0.691. The van der Waals surface area contributed by atoms with E-state index in [4.69, 9.17) is 0 Å². The fourth-order valence-corrected chi connectivity index (χ4v) is 6.46. The van der Waals surface area contributed by atoms with Crippen LogP contribution in [0.15, 0.2) is 11.6 Å². The molecule has 0 aromatic rings. The van der Waals surface area contributed by atoms with Crippen LogP contribution in [-0.2, 0) is 4.79 Å². The molecule has 0 aliphatic heterocycles. The van der Waals surface area contributed by atoms with Crippen LogP contribution in [0.2, 0.25) is 0 Å². The molecule has 0 aromatic carbocycles. The second kappa shape index (κ2) is 4.66. The van der Waals surface area contributed by atoms with Crippen molar-refractivity contribution in [3.63, 3.8) is 0 Å². The monoisotopic (exact) mass is 306 g/mol. The number of ketones is 1. The number of allylic oxidation sites excluding steroid dienone is 1. The molecular weight excluding hydrogens is 279 g/mol. The molecule has 3 saturated carbocycles. The van der Waals surface area contributed by atoms with E-state index in [2.05, 4.69) is 13.0 Å². The number of aliphatic hydroxyl groups is 1. The summed E-state index contributed by atoms with van der Waals surface area (Å²) in [5.74, 6) is 1.16. The van der Waals surface area contributed by atoms with Crippen molar-refractivity contribution in [1.29, 1.82) is 0 Å². The molecule has 2 nitrogen and oxygen atoms in total. The fourth-order valence-electron chi connectivity index (χ4n) is 6.46. The van der Waals surface area contributed by atoms with E-state index in [1.54, 1.807) is 0 Å². The highest BCUT2D eigenvalue weighted by Gasteiger charge is 2.61. The molecule has 22 heavy (non-hydrogen) atoms. The molecule has 4 aliphatic carbocycles. The average Bonchev–Trinajstić information content (AvgIpc) is 2.72. The number of hydrogen-bond acceptors (Lipinski definition) is 2. The maximum Gasteiger partial charge on any atom is 0.173 e. The van der Waals surface area contributed by atoms with Crippen molar-refractivity contribution in [2.75, 3.05) is 0 Å². The number of halogens is 1. The fraction of sp³-hybridized carbons (Fsp3) is 0.842. The number of fused-ring (bicyclic) bond motifs is 5. The molecule has 0 heterocycles. The molecule has 3 fully saturated rings. The van der Waals surface area contributed by atoms with Crippen LogP contribution in [0.3, 0.4) is 0 Å². The van der Waals surface area contributed by atoms with Gasteiger partial charge < -0.3 is 5.11 Å². The van der Waals surface area contributed by atoms with Crippen molar-refractivity contribution < 1.29 is 14.3 Å². The van der Waals surface area contributed by atoms with E-state index in [1.807, 2.05) is 6.92 Å². The maximum absolute atomic E-state index is 14.1. The van der Waals surface area contributed by atoms with E-state index in [9.17, 15) is 14.3 Å². The predicted molar refractivity (Wildman–Crippen MR) is 83.0 cm³/mol. The Bertz CT molecular complexity index is 542. The summed E-state index contributed by atoms with van der Waals surface area (Å²) in [6.45, 7) is 4.38. The van der Waals surface area contributed by atoms with E-state index in [-0.39, 0.29) is 23.2 Å². The zero-order chi connectivity index (χ0) is 15.7. The van der Waals surface area contributed by atoms with E-state index < -0.39 is 11.6 Å². The predicted octanol–water partition coefficient (Wildman–Crippen LogP) is 3.83. The number of hydrogen-bond donors (Lipinski definition) is 1. The summed E-state index contributed by atoms with van der Waals surface area (Å²) in [6.07, 6.45) is 6.89. The number of rotatable bonds is 0. The van der Waals surface area contributed by atoms with Gasteiger partial charge in [0.1, 0.15) is 0 Å². The second-order valence-electron chi connectivity index (χ2n) is 8.65. The SMILES string of the molecule is C[C@]12CC[C@@H](O)C=C1CC[C@@H]1[C@@H]2CC[C@]2(C)C(=O)[C@H](F)C[C@@H]12. The first kappa shape index (κ1) is 14.9. The topological polar surface area (TPSA) is 37.3 Å². The van der Waals surface area contributed by atoms with Gasteiger partial charge in [-0.25, -0.2) is 4.39 Å². The Morgan fingerprint density at radius 2 is 1.86 bits per heavy atom. The van der Waals surface area contributed by atoms with Crippen molar-refractivity contribution >= 4 is 5.78 Å². The molecule has 0 bridgehead atoms. The van der Waals surface area contributed by atoms with Crippen molar-refractivity contribution in [1.82, 2.24) is 0 Å². The van der Waals surface area contributed by atoms with Gasteiger partial charge in [0.15, 0.2) is 12.0 Å². The van der Waals surface area contributed by atoms with E-state index in [0.717, 1.165) is 38.5 Å². The first-order chi connectivity index (χ1) is 10.4. The zero-order valence-electron chi connectivity index (χ0n) is 13.6. The maximum atomic E-state index is 14.1. The molecule has 0 saturated heterocycles. The molecule has 1 N–H and O–H groups in total. The standard InChI is InChI=1S/C19H27FO2/c1-18-7-5-12(21)9-11(18)3-4-13-14(18)6-8-19(2)15(13)10-16(20)17(19)22/h9,12-16,21H,3-8,10H2,1-2H3/t12-,13-,14+,15+,16-,18+,19+/m1/s1. The minimum Gasteiger partial charge on any atom is -0.389 e. The van der Waals surface area contributed by atoms with Crippen LogP contribution in [0.25, 0.3) is 0 Å². The molecular formula is C19H27FO2. The van der Waals surface area contributed by atoms with Gasteiger partial charge in [0.05, 0.1) is 6.10 Å². The summed E-state index contributed by atoms with van der Waals surface area (Å²) in [4.78, 5) is 12.3. The second-order valence-corrected chi connectivity index (χ2v) is 8.65. The summed E-state index contributed by atoms with van der Waals surface area (Å²) in [5.41, 5.74) is 1.19. The molecule has 122 valence electrons. The van der Waals surface area contributed by atoms with Gasteiger partial charge in [-0.1, -0.05) is 25.5 Å². The summed E-state index contributed by atoms with van der Waals surface area (Å²) in [7, 11) is 0. The van der Waals surface area contributed by atoms with Gasteiger partial charge in [0.2, 0.25) is 0 Å². The number of Topliss-reactive ketones (excluding diaryl/α,β-unsaturated/α-hetero) is 1.